The van der Waals surface area contributed by atoms with Gasteiger partial charge in [0.25, 0.3) is 0 Å². The first-order valence-electron chi connectivity index (χ1n) is 6.14. The van der Waals surface area contributed by atoms with Crippen molar-refractivity contribution in [2.24, 2.45) is 0 Å². The summed E-state index contributed by atoms with van der Waals surface area (Å²) in [5.41, 5.74) is 1.93. The van der Waals surface area contributed by atoms with E-state index < -0.39 is 0 Å². The zero-order valence-electron chi connectivity index (χ0n) is 11.2. The van der Waals surface area contributed by atoms with Gasteiger partial charge in [-0.15, -0.1) is 11.8 Å². The van der Waals surface area contributed by atoms with Crippen LogP contribution >= 0.6 is 11.8 Å². The summed E-state index contributed by atoms with van der Waals surface area (Å²) in [5, 5.41) is 9.71. The van der Waals surface area contributed by atoms with Crippen molar-refractivity contribution in [3.05, 3.63) is 53.7 Å². The first kappa shape index (κ1) is 14.4. The molecule has 0 aliphatic carbocycles. The summed E-state index contributed by atoms with van der Waals surface area (Å²) >= 11 is 1.65. The first-order chi connectivity index (χ1) is 9.83. The average molecular weight is 285 g/mol. The molecule has 1 aromatic carbocycles. The molecule has 0 saturated carbocycles. The highest BCUT2D eigenvalue weighted by Crippen LogP contribution is 2.27. The fourth-order valence-electron chi connectivity index (χ4n) is 1.69. The van der Waals surface area contributed by atoms with Gasteiger partial charge in [0.15, 0.2) is 0 Å². The second-order valence-electron chi connectivity index (χ2n) is 3.94. The molecule has 1 N–H and O–H groups in total. The van der Waals surface area contributed by atoms with E-state index in [4.69, 9.17) is 9.84 Å². The summed E-state index contributed by atoms with van der Waals surface area (Å²) in [6.07, 6.45) is 1.78. The number of thioether (sulfide) groups is 1. The van der Waals surface area contributed by atoms with Gasteiger partial charge in [-0.25, -0.2) is 4.98 Å². The van der Waals surface area contributed by atoms with Gasteiger partial charge >= 0.3 is 0 Å². The summed E-state index contributed by atoms with van der Waals surface area (Å²) in [6.45, 7) is -0.135. The summed E-state index contributed by atoms with van der Waals surface area (Å²) in [4.78, 5) is 4.28. The van der Waals surface area contributed by atoms with Crippen LogP contribution in [0.15, 0.2) is 47.6 Å². The number of aliphatic hydroxyl groups excluding tert-OH is 1. The molecule has 0 atom stereocenters. The molecule has 0 spiro atoms. The minimum Gasteiger partial charge on any atom is -0.496 e. The van der Waals surface area contributed by atoms with Crippen molar-refractivity contribution < 1.29 is 9.84 Å². The van der Waals surface area contributed by atoms with Crippen LogP contribution in [0.1, 0.15) is 11.1 Å². The third kappa shape index (κ3) is 4.02. The highest BCUT2D eigenvalue weighted by Gasteiger charge is 2.05. The summed E-state index contributed by atoms with van der Waals surface area (Å²) in [7, 11) is 1.66. The molecule has 0 saturated heterocycles. The maximum absolute atomic E-state index is 8.74. The van der Waals surface area contributed by atoms with Gasteiger partial charge in [-0.1, -0.05) is 17.9 Å². The van der Waals surface area contributed by atoms with Gasteiger partial charge in [0.05, 0.1) is 12.1 Å². The quantitative estimate of drug-likeness (QED) is 0.693. The molecule has 2 aromatic rings. The number of methoxy groups -OCH3 is 1. The summed E-state index contributed by atoms with van der Waals surface area (Å²) in [6, 6.07) is 11.6. The fraction of sp³-hybridized carbons (Fsp3) is 0.188. The van der Waals surface area contributed by atoms with Gasteiger partial charge in [-0.3, -0.25) is 0 Å². The van der Waals surface area contributed by atoms with E-state index in [1.54, 1.807) is 25.1 Å². The number of aromatic nitrogens is 1. The lowest BCUT2D eigenvalue weighted by Crippen LogP contribution is -1.92. The molecule has 1 heterocycles. The van der Waals surface area contributed by atoms with Gasteiger partial charge in [0.1, 0.15) is 12.4 Å². The largest absolute Gasteiger partial charge is 0.496 e. The molecule has 2 rings (SSSR count). The molecular weight excluding hydrogens is 270 g/mol. The van der Waals surface area contributed by atoms with E-state index in [1.165, 1.54) is 0 Å². The Bertz CT molecular complexity index is 617. The Hall–Kier alpha value is -1.96. The highest BCUT2D eigenvalue weighted by molar-refractivity contribution is 7.98. The van der Waals surface area contributed by atoms with Crippen molar-refractivity contribution in [2.45, 2.75) is 10.8 Å². The van der Waals surface area contributed by atoms with E-state index in [0.717, 1.165) is 27.7 Å². The number of hydrogen-bond donors (Lipinski definition) is 1. The Labute approximate surface area is 123 Å². The van der Waals surface area contributed by atoms with E-state index in [1.807, 2.05) is 36.4 Å². The van der Waals surface area contributed by atoms with Crippen molar-refractivity contribution in [2.75, 3.05) is 13.7 Å². The van der Waals surface area contributed by atoms with Gasteiger partial charge < -0.3 is 9.84 Å². The number of ether oxygens (including phenoxy) is 1. The number of nitrogens with zero attached hydrogens (tertiary/aromatic N) is 1. The second kappa shape index (κ2) is 7.59. The third-order valence-corrected chi connectivity index (χ3v) is 3.60. The molecule has 3 nitrogen and oxygen atoms in total. The van der Waals surface area contributed by atoms with E-state index in [0.29, 0.717) is 0 Å². The highest BCUT2D eigenvalue weighted by atomic mass is 32.2. The molecule has 0 aliphatic heterocycles. The van der Waals surface area contributed by atoms with Crippen LogP contribution < -0.4 is 4.74 Å². The Morgan fingerprint density at radius 3 is 2.90 bits per heavy atom. The number of pyridine rings is 1. The smallest absolute Gasteiger partial charge is 0.122 e. The number of rotatable bonds is 4. The molecule has 0 unspecified atom stereocenters. The molecule has 1 aromatic heterocycles. The molecule has 4 heteroatoms. The summed E-state index contributed by atoms with van der Waals surface area (Å²) < 4.78 is 5.36. The Morgan fingerprint density at radius 2 is 2.20 bits per heavy atom. The van der Waals surface area contributed by atoms with Crippen molar-refractivity contribution in [1.29, 1.82) is 0 Å². The van der Waals surface area contributed by atoms with E-state index >= 15 is 0 Å². The monoisotopic (exact) mass is 285 g/mol. The minimum atomic E-state index is -0.135. The average Bonchev–Trinajstić information content (AvgIpc) is 2.52. The van der Waals surface area contributed by atoms with Crippen LogP contribution in [0.4, 0.5) is 0 Å². The molecule has 0 fully saturated rings. The zero-order valence-corrected chi connectivity index (χ0v) is 12.0. The van der Waals surface area contributed by atoms with Crippen LogP contribution in [-0.4, -0.2) is 23.8 Å². The molecule has 0 aliphatic rings. The predicted octanol–water partition coefficient (Wildman–Crippen LogP) is 2.73. The van der Waals surface area contributed by atoms with Gasteiger partial charge in [-0.05, 0) is 30.3 Å². The standard InChI is InChI=1S/C16H15NO2S/c1-19-15-8-7-13(5-4-10-18)11-14(15)12-20-16-6-2-3-9-17-16/h2-3,6-9,11,18H,10,12H2,1H3. The van der Waals surface area contributed by atoms with Crippen LogP contribution in [0.25, 0.3) is 0 Å². The Morgan fingerprint density at radius 1 is 1.30 bits per heavy atom. The SMILES string of the molecule is COc1ccc(C#CCO)cc1CSc1ccccn1. The Balaban J connectivity index is 2.16. The lowest BCUT2D eigenvalue weighted by Gasteiger charge is -2.08. The minimum absolute atomic E-state index is 0.135. The van der Waals surface area contributed by atoms with Crippen molar-refractivity contribution in [1.82, 2.24) is 4.98 Å². The lowest BCUT2D eigenvalue weighted by molar-refractivity contribution is 0.350. The van der Waals surface area contributed by atoms with Gasteiger partial charge in [-0.2, -0.15) is 0 Å². The maximum Gasteiger partial charge on any atom is 0.122 e. The zero-order chi connectivity index (χ0) is 14.2. The number of hydrogen-bond acceptors (Lipinski definition) is 4. The lowest BCUT2D eigenvalue weighted by atomic mass is 10.1. The first-order valence-corrected chi connectivity index (χ1v) is 7.12. The van der Waals surface area contributed by atoms with Crippen LogP contribution in [0.3, 0.4) is 0 Å². The Kier molecular flexibility index (Phi) is 5.48. The molecule has 102 valence electrons. The second-order valence-corrected chi connectivity index (χ2v) is 4.94. The number of benzene rings is 1. The fourth-order valence-corrected chi connectivity index (χ4v) is 2.53. The molecule has 0 radical (unpaired) electrons. The maximum atomic E-state index is 8.74. The topological polar surface area (TPSA) is 42.4 Å². The van der Waals surface area contributed by atoms with Crippen molar-refractivity contribution in [3.8, 4) is 17.6 Å². The molecule has 0 amide bonds. The van der Waals surface area contributed by atoms with Gasteiger partial charge in [0, 0.05) is 23.1 Å². The van der Waals surface area contributed by atoms with Crippen LogP contribution in [0.2, 0.25) is 0 Å². The third-order valence-electron chi connectivity index (χ3n) is 2.61. The van der Waals surface area contributed by atoms with Crippen LogP contribution in [0, 0.1) is 11.8 Å². The van der Waals surface area contributed by atoms with Crippen molar-refractivity contribution >= 4 is 11.8 Å². The van der Waals surface area contributed by atoms with E-state index in [-0.39, 0.29) is 6.61 Å². The molecule has 20 heavy (non-hydrogen) atoms. The van der Waals surface area contributed by atoms with Crippen molar-refractivity contribution in [3.63, 3.8) is 0 Å². The van der Waals surface area contributed by atoms with Crippen LogP contribution in [0.5, 0.6) is 5.75 Å². The van der Waals surface area contributed by atoms with E-state index in [2.05, 4.69) is 16.8 Å². The molecule has 0 bridgehead atoms. The summed E-state index contributed by atoms with van der Waals surface area (Å²) in [5.74, 6) is 7.15. The predicted molar refractivity (Wildman–Crippen MR) is 80.8 cm³/mol. The number of aliphatic hydroxyl groups is 1. The normalized spacial score (nSPS) is 9.70. The van der Waals surface area contributed by atoms with Gasteiger partial charge in [0.2, 0.25) is 0 Å². The molecular formula is C16H15NO2S. The van der Waals surface area contributed by atoms with E-state index in [9.17, 15) is 0 Å². The van der Waals surface area contributed by atoms with Crippen LogP contribution in [-0.2, 0) is 5.75 Å².